The van der Waals surface area contributed by atoms with Gasteiger partial charge in [-0.05, 0) is 32.0 Å². The zero-order valence-electron chi connectivity index (χ0n) is 20.2. The molecule has 8 nitrogen and oxygen atoms in total. The van der Waals surface area contributed by atoms with Gasteiger partial charge in [-0.1, -0.05) is 11.6 Å². The van der Waals surface area contributed by atoms with Crippen LogP contribution in [0.2, 0.25) is 5.02 Å². The third-order valence-electron chi connectivity index (χ3n) is 5.66. The zero-order valence-corrected chi connectivity index (χ0v) is 20.9. The average molecular weight is 500 g/mol. The Morgan fingerprint density at radius 1 is 0.971 bits per heavy atom. The number of anilines is 2. The monoisotopic (exact) mass is 499 g/mol. The topological polar surface area (TPSA) is 74.2 Å². The molecule has 0 bridgehead atoms. The molecular weight excluding hydrogens is 470 g/mol. The molecule has 186 valence electrons. The number of carbonyl (C=O) groups excluding carboxylic acids is 1. The highest BCUT2D eigenvalue weighted by atomic mass is 35.5. The molecule has 1 aromatic heterocycles. The molecule has 2 aromatic carbocycles. The maximum atomic E-state index is 13.4. The molecule has 1 aliphatic rings. The molecule has 9 heteroatoms. The largest absolute Gasteiger partial charge is 0.496 e. The second-order valence-corrected chi connectivity index (χ2v) is 8.24. The predicted octanol–water partition coefficient (Wildman–Crippen LogP) is 5.03. The van der Waals surface area contributed by atoms with Crippen molar-refractivity contribution in [2.75, 3.05) is 56.8 Å². The molecule has 1 N–H and O–H groups in total. The van der Waals surface area contributed by atoms with Crippen LogP contribution < -0.4 is 24.4 Å². The van der Waals surface area contributed by atoms with Crippen LogP contribution in [0.5, 0.6) is 17.2 Å². The number of nitrogens with one attached hydrogen (secondary N) is 1. The molecule has 35 heavy (non-hydrogen) atoms. The first kappa shape index (κ1) is 24.8. The van der Waals surface area contributed by atoms with Crippen LogP contribution in [-0.4, -0.2) is 57.1 Å². The van der Waals surface area contributed by atoms with E-state index < -0.39 is 0 Å². The number of ether oxygens (including phenoxy) is 4. The Morgan fingerprint density at radius 2 is 1.63 bits per heavy atom. The predicted molar refractivity (Wildman–Crippen MR) is 137 cm³/mol. The average Bonchev–Trinajstić information content (AvgIpc) is 3.41. The fraction of sp³-hybridized carbons (Fsp3) is 0.346. The first-order valence-corrected chi connectivity index (χ1v) is 12.0. The molecule has 2 heterocycles. The van der Waals surface area contributed by atoms with Crippen LogP contribution in [0.4, 0.5) is 11.4 Å². The lowest BCUT2D eigenvalue weighted by atomic mass is 10.1. The van der Waals surface area contributed by atoms with E-state index in [1.54, 1.807) is 18.2 Å². The zero-order chi connectivity index (χ0) is 24.8. The van der Waals surface area contributed by atoms with Crippen LogP contribution >= 0.6 is 11.6 Å². The van der Waals surface area contributed by atoms with Gasteiger partial charge < -0.3 is 33.7 Å². The Balaban J connectivity index is 1.69. The maximum Gasteiger partial charge on any atom is 0.259 e. The molecule has 0 radical (unpaired) electrons. The van der Waals surface area contributed by atoms with E-state index in [0.29, 0.717) is 65.6 Å². The molecule has 4 rings (SSSR count). The van der Waals surface area contributed by atoms with Crippen LogP contribution in [0.25, 0.3) is 5.69 Å². The smallest absolute Gasteiger partial charge is 0.259 e. The van der Waals surface area contributed by atoms with Gasteiger partial charge in [0.15, 0.2) is 0 Å². The summed E-state index contributed by atoms with van der Waals surface area (Å²) in [5.74, 6) is 1.26. The van der Waals surface area contributed by atoms with Gasteiger partial charge in [0.1, 0.15) is 17.2 Å². The Kier molecular flexibility index (Phi) is 8.05. The molecule has 1 aliphatic heterocycles. The molecular formula is C26H30ClN3O5. The summed E-state index contributed by atoms with van der Waals surface area (Å²) in [5.41, 5.74) is 2.44. The number of aromatic nitrogens is 1. The quantitative estimate of drug-likeness (QED) is 0.445. The van der Waals surface area contributed by atoms with E-state index in [4.69, 9.17) is 30.5 Å². The molecule has 1 amide bonds. The summed E-state index contributed by atoms with van der Waals surface area (Å²) in [5, 5.41) is 3.39. The van der Waals surface area contributed by atoms with E-state index in [1.165, 1.54) is 7.11 Å². The van der Waals surface area contributed by atoms with Crippen molar-refractivity contribution in [3.63, 3.8) is 0 Å². The highest BCUT2D eigenvalue weighted by Gasteiger charge is 2.22. The number of halogens is 1. The van der Waals surface area contributed by atoms with Gasteiger partial charge in [-0.2, -0.15) is 0 Å². The Hall–Kier alpha value is -3.36. The molecule has 0 saturated carbocycles. The minimum atomic E-state index is -0.370. The molecule has 0 atom stereocenters. The number of benzene rings is 2. The van der Waals surface area contributed by atoms with Crippen molar-refractivity contribution in [3.05, 3.63) is 59.4 Å². The Bertz CT molecular complexity index is 1160. The van der Waals surface area contributed by atoms with E-state index in [9.17, 15) is 4.79 Å². The second kappa shape index (κ2) is 11.4. The summed E-state index contributed by atoms with van der Waals surface area (Å²) in [6, 6.07) is 10.9. The highest BCUT2D eigenvalue weighted by Crippen LogP contribution is 2.40. The molecule has 0 unspecified atom stereocenters. The van der Waals surface area contributed by atoms with Crippen molar-refractivity contribution < 1.29 is 23.7 Å². The first-order valence-electron chi connectivity index (χ1n) is 11.6. The van der Waals surface area contributed by atoms with E-state index in [1.807, 2.05) is 49.0 Å². The van der Waals surface area contributed by atoms with E-state index in [2.05, 4.69) is 10.2 Å². The van der Waals surface area contributed by atoms with Gasteiger partial charge >= 0.3 is 0 Å². The fourth-order valence-corrected chi connectivity index (χ4v) is 4.28. The van der Waals surface area contributed by atoms with Gasteiger partial charge in [-0.25, -0.2) is 0 Å². The van der Waals surface area contributed by atoms with Crippen LogP contribution in [0.3, 0.4) is 0 Å². The van der Waals surface area contributed by atoms with E-state index >= 15 is 0 Å². The lowest BCUT2D eigenvalue weighted by molar-refractivity contribution is 0.102. The van der Waals surface area contributed by atoms with Crippen LogP contribution in [0, 0.1) is 0 Å². The Morgan fingerprint density at radius 3 is 2.29 bits per heavy atom. The van der Waals surface area contributed by atoms with Gasteiger partial charge in [0.25, 0.3) is 5.91 Å². The fourth-order valence-electron chi connectivity index (χ4n) is 4.02. The van der Waals surface area contributed by atoms with Gasteiger partial charge in [0.05, 0.1) is 61.2 Å². The molecule has 1 fully saturated rings. The van der Waals surface area contributed by atoms with Crippen molar-refractivity contribution in [2.45, 2.75) is 13.8 Å². The summed E-state index contributed by atoms with van der Waals surface area (Å²) in [4.78, 5) is 15.6. The van der Waals surface area contributed by atoms with Gasteiger partial charge in [-0.3, -0.25) is 4.79 Å². The van der Waals surface area contributed by atoms with Crippen LogP contribution in [0.1, 0.15) is 24.2 Å². The summed E-state index contributed by atoms with van der Waals surface area (Å²) in [7, 11) is 1.52. The normalized spacial score (nSPS) is 13.4. The summed E-state index contributed by atoms with van der Waals surface area (Å²) < 4.78 is 24.7. The molecule has 0 aliphatic carbocycles. The van der Waals surface area contributed by atoms with Crippen molar-refractivity contribution in [1.82, 2.24) is 4.57 Å². The van der Waals surface area contributed by atoms with E-state index in [0.717, 1.165) is 18.8 Å². The molecule has 1 saturated heterocycles. The van der Waals surface area contributed by atoms with Crippen LogP contribution in [0.15, 0.2) is 48.8 Å². The summed E-state index contributed by atoms with van der Waals surface area (Å²) in [6.07, 6.45) is 3.75. The Labute approximate surface area is 210 Å². The second-order valence-electron chi connectivity index (χ2n) is 7.83. The molecule has 3 aromatic rings. The maximum absolute atomic E-state index is 13.4. The number of hydrogen-bond donors (Lipinski definition) is 1. The lowest BCUT2D eigenvalue weighted by Crippen LogP contribution is -2.36. The first-order chi connectivity index (χ1) is 17.0. The van der Waals surface area contributed by atoms with Crippen LogP contribution in [-0.2, 0) is 4.74 Å². The minimum absolute atomic E-state index is 0.311. The third kappa shape index (κ3) is 5.49. The number of methoxy groups -OCH3 is 1. The van der Waals surface area contributed by atoms with Crippen molar-refractivity contribution in [3.8, 4) is 22.9 Å². The lowest BCUT2D eigenvalue weighted by Gasteiger charge is -2.31. The number of amides is 1. The summed E-state index contributed by atoms with van der Waals surface area (Å²) in [6.45, 7) is 7.56. The molecule has 0 spiro atoms. The van der Waals surface area contributed by atoms with Crippen molar-refractivity contribution in [1.29, 1.82) is 0 Å². The number of carbonyl (C=O) groups is 1. The summed E-state index contributed by atoms with van der Waals surface area (Å²) >= 11 is 6.53. The highest BCUT2D eigenvalue weighted by molar-refractivity contribution is 6.33. The van der Waals surface area contributed by atoms with E-state index in [-0.39, 0.29) is 5.91 Å². The van der Waals surface area contributed by atoms with Gasteiger partial charge in [-0.15, -0.1) is 0 Å². The number of nitrogens with zero attached hydrogens (tertiary/aromatic N) is 2. The third-order valence-corrected chi connectivity index (χ3v) is 5.96. The number of morpholine rings is 1. The van der Waals surface area contributed by atoms with Crippen molar-refractivity contribution in [2.24, 2.45) is 0 Å². The number of hydrogen-bond acceptors (Lipinski definition) is 6. The van der Waals surface area contributed by atoms with Crippen molar-refractivity contribution >= 4 is 28.9 Å². The standard InChI is InChI=1S/C26H30ClN3O5/c1-4-34-24-17-22(30-10-12-33-13-11-30)25(35-5-2)15-20(24)28-26(31)18-14-19(27)21(16-23(18)32-3)29-8-6-7-9-29/h6-9,14-17H,4-5,10-13H2,1-3H3,(H,28,31). The number of rotatable bonds is 9. The van der Waals surface area contributed by atoms with Gasteiger partial charge in [0.2, 0.25) is 0 Å². The van der Waals surface area contributed by atoms with Gasteiger partial charge in [0, 0.05) is 43.7 Å². The minimum Gasteiger partial charge on any atom is -0.496 e. The SMILES string of the molecule is CCOc1cc(N2CCOCC2)c(OCC)cc1NC(=O)c1cc(Cl)c(-n2cccc2)cc1OC.